The first-order chi connectivity index (χ1) is 13.6. The predicted octanol–water partition coefficient (Wildman–Crippen LogP) is 5.50. The Morgan fingerprint density at radius 1 is 0.931 bits per heavy atom. The third-order valence-electron chi connectivity index (χ3n) is 4.33. The van der Waals surface area contributed by atoms with Crippen molar-refractivity contribution in [1.82, 2.24) is 5.32 Å². The van der Waals surface area contributed by atoms with E-state index in [9.17, 15) is 31.5 Å². The lowest BCUT2D eigenvalue weighted by Crippen LogP contribution is -2.55. The zero-order chi connectivity index (χ0) is 22.3. The molecule has 10 heteroatoms. The van der Waals surface area contributed by atoms with E-state index in [0.29, 0.717) is 6.42 Å². The minimum absolute atomic E-state index is 0.0377. The van der Waals surface area contributed by atoms with E-state index in [1.54, 1.807) is 6.26 Å². The number of esters is 1. The molecule has 0 spiro atoms. The van der Waals surface area contributed by atoms with E-state index in [1.165, 1.54) is 42.8 Å². The molecule has 0 aliphatic rings. The van der Waals surface area contributed by atoms with Crippen molar-refractivity contribution in [3.8, 4) is 0 Å². The molecule has 0 bridgehead atoms. The molecular weight excluding hydrogens is 417 g/mol. The highest BCUT2D eigenvalue weighted by molar-refractivity contribution is 7.98. The van der Waals surface area contributed by atoms with Gasteiger partial charge in [-0.3, -0.25) is 4.79 Å². The monoisotopic (exact) mass is 449 g/mol. The van der Waals surface area contributed by atoms with Gasteiger partial charge in [0.25, 0.3) is 0 Å². The number of rotatable bonds is 16. The molecule has 0 saturated carbocycles. The predicted molar refractivity (Wildman–Crippen MR) is 104 cm³/mol. The maximum absolute atomic E-state index is 13.1. The SMILES string of the molecule is CCCCCCCCCCCOC(=O)C(CCSC)NC(=O)C(F)(F)C(F)(F)F. The zero-order valence-corrected chi connectivity index (χ0v) is 17.9. The van der Waals surface area contributed by atoms with Crippen LogP contribution in [0, 0.1) is 0 Å². The minimum Gasteiger partial charge on any atom is -0.464 e. The molecule has 0 fully saturated rings. The number of ether oxygens (including phenoxy) is 1. The molecule has 0 radical (unpaired) electrons. The maximum atomic E-state index is 13.1. The van der Waals surface area contributed by atoms with E-state index < -0.39 is 30.0 Å². The van der Waals surface area contributed by atoms with Crippen LogP contribution in [0.3, 0.4) is 0 Å². The van der Waals surface area contributed by atoms with Crippen LogP contribution in [0.1, 0.15) is 71.1 Å². The number of alkyl halides is 5. The Labute approximate surface area is 173 Å². The second-order valence-electron chi connectivity index (χ2n) is 6.88. The molecule has 1 N–H and O–H groups in total. The summed E-state index contributed by atoms with van der Waals surface area (Å²) < 4.78 is 68.0. The fourth-order valence-electron chi connectivity index (χ4n) is 2.55. The Bertz CT molecular complexity index is 475. The minimum atomic E-state index is -6.03. The number of hydrogen-bond donors (Lipinski definition) is 1. The number of halogens is 5. The second-order valence-corrected chi connectivity index (χ2v) is 7.86. The summed E-state index contributed by atoms with van der Waals surface area (Å²) in [7, 11) is 0. The number of hydrogen-bond acceptors (Lipinski definition) is 4. The van der Waals surface area contributed by atoms with Crippen molar-refractivity contribution >= 4 is 23.6 Å². The lowest BCUT2D eigenvalue weighted by atomic mass is 10.1. The fraction of sp³-hybridized carbons (Fsp3) is 0.895. The Morgan fingerprint density at radius 2 is 1.45 bits per heavy atom. The van der Waals surface area contributed by atoms with E-state index in [2.05, 4.69) is 6.92 Å². The third-order valence-corrected chi connectivity index (χ3v) is 4.98. The van der Waals surface area contributed by atoms with Gasteiger partial charge in [-0.25, -0.2) is 4.79 Å². The van der Waals surface area contributed by atoms with E-state index in [0.717, 1.165) is 25.7 Å². The lowest BCUT2D eigenvalue weighted by Gasteiger charge is -2.22. The first kappa shape index (κ1) is 27.9. The van der Waals surface area contributed by atoms with Crippen LogP contribution in [-0.2, 0) is 14.3 Å². The van der Waals surface area contributed by atoms with Crippen LogP contribution in [0.25, 0.3) is 0 Å². The van der Waals surface area contributed by atoms with Crippen LogP contribution in [0.4, 0.5) is 22.0 Å². The van der Waals surface area contributed by atoms with Crippen molar-refractivity contribution in [2.24, 2.45) is 0 Å². The summed E-state index contributed by atoms with van der Waals surface area (Å²) >= 11 is 1.26. The summed E-state index contributed by atoms with van der Waals surface area (Å²) in [5.74, 6) is -8.82. The van der Waals surface area contributed by atoms with Gasteiger partial charge < -0.3 is 10.1 Å². The van der Waals surface area contributed by atoms with E-state index in [1.807, 2.05) is 0 Å². The largest absolute Gasteiger partial charge is 0.464 e. The molecule has 0 rings (SSSR count). The highest BCUT2D eigenvalue weighted by atomic mass is 32.2. The summed E-state index contributed by atoms with van der Waals surface area (Å²) in [6.45, 7) is 2.19. The van der Waals surface area contributed by atoms with Gasteiger partial charge >= 0.3 is 24.0 Å². The zero-order valence-electron chi connectivity index (χ0n) is 17.1. The molecule has 1 amide bonds. The maximum Gasteiger partial charge on any atom is 0.463 e. The first-order valence-electron chi connectivity index (χ1n) is 9.99. The van der Waals surface area contributed by atoms with Crippen LogP contribution in [0.2, 0.25) is 0 Å². The molecule has 1 unspecified atom stereocenters. The number of thioether (sulfide) groups is 1. The van der Waals surface area contributed by atoms with Gasteiger partial charge in [-0.1, -0.05) is 58.3 Å². The molecule has 0 saturated heterocycles. The van der Waals surface area contributed by atoms with Gasteiger partial charge in [-0.05, 0) is 24.9 Å². The summed E-state index contributed by atoms with van der Waals surface area (Å²) in [6.07, 6.45) is 5.01. The van der Waals surface area contributed by atoms with Crippen LogP contribution >= 0.6 is 11.8 Å². The van der Waals surface area contributed by atoms with Crippen molar-refractivity contribution < 1.29 is 36.3 Å². The fourth-order valence-corrected chi connectivity index (χ4v) is 3.02. The smallest absolute Gasteiger partial charge is 0.463 e. The Hall–Kier alpha value is -1.06. The van der Waals surface area contributed by atoms with Gasteiger partial charge in [0.2, 0.25) is 0 Å². The average Bonchev–Trinajstić information content (AvgIpc) is 2.65. The van der Waals surface area contributed by atoms with Gasteiger partial charge in [0, 0.05) is 0 Å². The van der Waals surface area contributed by atoms with Crippen LogP contribution in [0.15, 0.2) is 0 Å². The van der Waals surface area contributed by atoms with E-state index in [-0.39, 0.29) is 18.8 Å². The van der Waals surface area contributed by atoms with E-state index >= 15 is 0 Å². The molecule has 0 heterocycles. The van der Waals surface area contributed by atoms with Gasteiger partial charge in [0.1, 0.15) is 6.04 Å². The highest BCUT2D eigenvalue weighted by Crippen LogP contribution is 2.35. The molecule has 29 heavy (non-hydrogen) atoms. The Morgan fingerprint density at radius 3 is 1.93 bits per heavy atom. The Kier molecular flexibility index (Phi) is 14.3. The standard InChI is InChI=1S/C19H32F5NO3S/c1-3-4-5-6-7-8-9-10-11-13-28-16(26)15(12-14-29-2)25-17(27)18(20,21)19(22,23)24/h15H,3-14H2,1-2H3,(H,25,27). The van der Waals surface area contributed by atoms with Crippen LogP contribution in [-0.4, -0.2) is 48.6 Å². The molecule has 0 aromatic rings. The van der Waals surface area contributed by atoms with Crippen molar-refractivity contribution in [2.45, 2.75) is 89.3 Å². The van der Waals surface area contributed by atoms with Crippen molar-refractivity contribution in [1.29, 1.82) is 0 Å². The Balaban J connectivity index is 4.30. The van der Waals surface area contributed by atoms with Crippen molar-refractivity contribution in [3.63, 3.8) is 0 Å². The number of unbranched alkanes of at least 4 members (excludes halogenated alkanes) is 8. The van der Waals surface area contributed by atoms with Crippen molar-refractivity contribution in [2.75, 3.05) is 18.6 Å². The van der Waals surface area contributed by atoms with Crippen LogP contribution < -0.4 is 5.32 Å². The van der Waals surface area contributed by atoms with Gasteiger partial charge in [0.15, 0.2) is 0 Å². The molecule has 0 aromatic heterocycles. The average molecular weight is 450 g/mol. The molecule has 0 aromatic carbocycles. The summed E-state index contributed by atoms with van der Waals surface area (Å²) in [4.78, 5) is 23.4. The topological polar surface area (TPSA) is 55.4 Å². The van der Waals surface area contributed by atoms with Crippen molar-refractivity contribution in [3.05, 3.63) is 0 Å². The quantitative estimate of drug-likeness (QED) is 0.192. The molecule has 0 aliphatic heterocycles. The van der Waals surface area contributed by atoms with Crippen LogP contribution in [0.5, 0.6) is 0 Å². The molecule has 4 nitrogen and oxygen atoms in total. The second kappa shape index (κ2) is 14.8. The molecule has 0 aliphatic carbocycles. The van der Waals surface area contributed by atoms with Gasteiger partial charge in [-0.15, -0.1) is 0 Å². The number of carbonyl (C=O) groups excluding carboxylic acids is 2. The number of nitrogens with one attached hydrogen (secondary N) is 1. The lowest BCUT2D eigenvalue weighted by molar-refractivity contribution is -0.270. The molecular formula is C19H32F5NO3S. The highest BCUT2D eigenvalue weighted by Gasteiger charge is 2.63. The summed E-state index contributed by atoms with van der Waals surface area (Å²) in [5.41, 5.74) is 0. The first-order valence-corrected chi connectivity index (χ1v) is 11.4. The number of carbonyl (C=O) groups is 2. The molecule has 172 valence electrons. The number of amides is 1. The summed E-state index contributed by atoms with van der Waals surface area (Å²) in [5, 5.41) is 1.49. The van der Waals surface area contributed by atoms with Gasteiger partial charge in [-0.2, -0.15) is 33.7 Å². The molecule has 1 atom stereocenters. The third kappa shape index (κ3) is 11.6. The van der Waals surface area contributed by atoms with E-state index in [4.69, 9.17) is 4.74 Å². The normalized spacial score (nSPS) is 13.2. The summed E-state index contributed by atoms with van der Waals surface area (Å²) in [6, 6.07) is -1.54. The van der Waals surface area contributed by atoms with Gasteiger partial charge in [0.05, 0.1) is 6.61 Å².